The number of carbonyl (C=O) groups excluding carboxylic acids is 2. The fraction of sp³-hybridized carbons (Fsp3) is 0.348. The molecule has 0 bridgehead atoms. The Morgan fingerprint density at radius 2 is 1.85 bits per heavy atom. The molecule has 0 radical (unpaired) electrons. The van der Waals surface area contributed by atoms with Crippen molar-refractivity contribution in [1.29, 1.82) is 0 Å². The number of ether oxygens (including phenoxy) is 1. The van der Waals surface area contributed by atoms with Gasteiger partial charge in [0, 0.05) is 28.3 Å². The first-order valence-corrected chi connectivity index (χ1v) is 12.2. The van der Waals surface area contributed by atoms with Gasteiger partial charge in [-0.1, -0.05) is 19.0 Å². The molecule has 1 fully saturated rings. The number of hydrogen-bond acceptors (Lipinski definition) is 8. The van der Waals surface area contributed by atoms with Gasteiger partial charge in [-0.25, -0.2) is 8.42 Å². The van der Waals surface area contributed by atoms with E-state index in [9.17, 15) is 23.2 Å². The predicted molar refractivity (Wildman–Crippen MR) is 124 cm³/mol. The van der Waals surface area contributed by atoms with Crippen LogP contribution in [0.5, 0.6) is 0 Å². The molecule has 2 aromatic carbocycles. The number of sulfonamides is 1. The van der Waals surface area contributed by atoms with Crippen molar-refractivity contribution in [3.63, 3.8) is 0 Å². The van der Waals surface area contributed by atoms with Gasteiger partial charge in [-0.3, -0.25) is 9.59 Å². The van der Waals surface area contributed by atoms with Crippen LogP contribution < -0.4 is 10.0 Å². The highest BCUT2D eigenvalue weighted by molar-refractivity contribution is 7.89. The smallest absolute Gasteiger partial charge is 0.324 e. The number of nitrogens with zero attached hydrogens (tertiary/aromatic N) is 1. The second kappa shape index (κ2) is 9.07. The van der Waals surface area contributed by atoms with Crippen molar-refractivity contribution in [2.24, 2.45) is 17.0 Å². The molecular weight excluding hydrogens is 462 g/mol. The molecule has 3 N–H and O–H groups in total. The lowest BCUT2D eigenvalue weighted by Crippen LogP contribution is -2.44. The number of furan rings is 1. The number of carbonyl (C=O) groups is 2. The maximum absolute atomic E-state index is 12.9. The normalized spacial score (nSPS) is 15.6. The van der Waals surface area contributed by atoms with Gasteiger partial charge in [-0.2, -0.15) is 4.72 Å². The van der Waals surface area contributed by atoms with Crippen LogP contribution in [-0.4, -0.2) is 44.5 Å². The lowest BCUT2D eigenvalue weighted by atomic mass is 10.1. The molecule has 180 valence electrons. The van der Waals surface area contributed by atoms with Crippen molar-refractivity contribution in [3.8, 4) is 0 Å². The third kappa shape index (κ3) is 4.62. The first-order chi connectivity index (χ1) is 16.1. The molecule has 10 nitrogen and oxygen atoms in total. The van der Waals surface area contributed by atoms with E-state index in [-0.39, 0.29) is 28.5 Å². The van der Waals surface area contributed by atoms with E-state index >= 15 is 0 Å². The predicted octanol–water partition coefficient (Wildman–Crippen LogP) is 2.72. The Kier molecular flexibility index (Phi) is 6.32. The number of oxime groups is 1. The van der Waals surface area contributed by atoms with Crippen molar-refractivity contribution in [2.75, 3.05) is 7.11 Å². The number of amides is 1. The van der Waals surface area contributed by atoms with Crippen molar-refractivity contribution in [3.05, 3.63) is 42.0 Å². The van der Waals surface area contributed by atoms with E-state index in [1.54, 1.807) is 38.1 Å². The SMILES string of the molecule is COC(=O)C(NS(=O)(=O)c1ccc2c(c1)oc1ccc(/C(=N\O)NC(=O)C3CC3)cc12)C(C)C. The lowest BCUT2D eigenvalue weighted by molar-refractivity contribution is -0.143. The van der Waals surface area contributed by atoms with Gasteiger partial charge in [0.2, 0.25) is 15.9 Å². The molecule has 1 aliphatic rings. The number of fused-ring (bicyclic) bond motifs is 3. The standard InChI is InChI=1S/C23H25N3O7S/c1-12(2)20(23(28)32-3)26-34(30,31)15-7-8-16-17-10-14(6-9-18(17)33-19(16)11-15)21(25-29)24-22(27)13-4-5-13/h6-13,20,26,29H,4-5H2,1-3H3,(H,24,25,27). The summed E-state index contributed by atoms with van der Waals surface area (Å²) in [7, 11) is -2.84. The molecule has 0 aliphatic heterocycles. The van der Waals surface area contributed by atoms with Crippen molar-refractivity contribution in [1.82, 2.24) is 10.0 Å². The Balaban J connectivity index is 1.67. The maximum Gasteiger partial charge on any atom is 0.324 e. The Bertz CT molecular complexity index is 1400. The summed E-state index contributed by atoms with van der Waals surface area (Å²) in [5.74, 6) is -1.22. The number of rotatable bonds is 7. The Labute approximate surface area is 196 Å². The number of benzene rings is 2. The average Bonchev–Trinajstić information content (AvgIpc) is 3.60. The summed E-state index contributed by atoms with van der Waals surface area (Å²) in [5, 5.41) is 16.5. The van der Waals surface area contributed by atoms with Gasteiger partial charge in [0.25, 0.3) is 0 Å². The van der Waals surface area contributed by atoms with Gasteiger partial charge in [-0.05, 0) is 49.1 Å². The van der Waals surface area contributed by atoms with E-state index in [1.807, 2.05) is 0 Å². The van der Waals surface area contributed by atoms with Gasteiger partial charge in [0.1, 0.15) is 17.2 Å². The Morgan fingerprint density at radius 3 is 2.47 bits per heavy atom. The van der Waals surface area contributed by atoms with Crippen LogP contribution in [0.3, 0.4) is 0 Å². The van der Waals surface area contributed by atoms with Crippen LogP contribution in [0.25, 0.3) is 21.9 Å². The molecule has 0 saturated heterocycles. The van der Waals surface area contributed by atoms with E-state index in [0.29, 0.717) is 27.5 Å². The van der Waals surface area contributed by atoms with Crippen LogP contribution >= 0.6 is 0 Å². The van der Waals surface area contributed by atoms with Gasteiger partial charge >= 0.3 is 5.97 Å². The van der Waals surface area contributed by atoms with Gasteiger partial charge in [0.05, 0.1) is 12.0 Å². The van der Waals surface area contributed by atoms with Crippen molar-refractivity contribution < 1.29 is 32.4 Å². The van der Waals surface area contributed by atoms with Crippen LogP contribution in [-0.2, 0) is 24.3 Å². The molecule has 1 aromatic heterocycles. The highest BCUT2D eigenvalue weighted by Crippen LogP contribution is 2.32. The minimum Gasteiger partial charge on any atom is -0.468 e. The molecule has 1 atom stereocenters. The fourth-order valence-corrected chi connectivity index (χ4v) is 4.96. The molecule has 1 saturated carbocycles. The zero-order chi connectivity index (χ0) is 24.6. The van der Waals surface area contributed by atoms with E-state index in [2.05, 4.69) is 15.2 Å². The molecular formula is C23H25N3O7S. The summed E-state index contributed by atoms with van der Waals surface area (Å²) >= 11 is 0. The first kappa shape index (κ1) is 23.7. The van der Waals surface area contributed by atoms with Gasteiger partial charge < -0.3 is 19.7 Å². The number of methoxy groups -OCH3 is 1. The third-order valence-electron chi connectivity index (χ3n) is 5.72. The van der Waals surface area contributed by atoms with Gasteiger partial charge in [-0.15, -0.1) is 0 Å². The second-order valence-electron chi connectivity index (χ2n) is 8.55. The van der Waals surface area contributed by atoms with Crippen LogP contribution in [0, 0.1) is 11.8 Å². The zero-order valence-electron chi connectivity index (χ0n) is 18.9. The average molecular weight is 488 g/mol. The van der Waals surface area contributed by atoms with E-state index in [0.717, 1.165) is 12.8 Å². The number of esters is 1. The van der Waals surface area contributed by atoms with Crippen molar-refractivity contribution >= 4 is 49.7 Å². The molecule has 34 heavy (non-hydrogen) atoms. The van der Waals surface area contributed by atoms with Crippen LogP contribution in [0.2, 0.25) is 0 Å². The number of nitrogens with one attached hydrogen (secondary N) is 2. The Hall–Kier alpha value is -3.44. The molecule has 4 rings (SSSR count). The second-order valence-corrected chi connectivity index (χ2v) is 10.3. The minimum absolute atomic E-state index is 0.0269. The maximum atomic E-state index is 12.9. The van der Waals surface area contributed by atoms with E-state index in [1.165, 1.54) is 19.2 Å². The fourth-order valence-electron chi connectivity index (χ4n) is 3.61. The summed E-state index contributed by atoms with van der Waals surface area (Å²) in [6.07, 6.45) is 1.63. The summed E-state index contributed by atoms with van der Waals surface area (Å²) in [6.45, 7) is 3.42. The molecule has 1 heterocycles. The topological polar surface area (TPSA) is 147 Å². The lowest BCUT2D eigenvalue weighted by Gasteiger charge is -2.19. The third-order valence-corrected chi connectivity index (χ3v) is 7.16. The summed E-state index contributed by atoms with van der Waals surface area (Å²) in [4.78, 5) is 24.0. The van der Waals surface area contributed by atoms with Crippen LogP contribution in [0.4, 0.5) is 0 Å². The molecule has 1 aliphatic carbocycles. The zero-order valence-corrected chi connectivity index (χ0v) is 19.7. The molecule has 3 aromatic rings. The molecule has 1 amide bonds. The first-order valence-electron chi connectivity index (χ1n) is 10.7. The number of hydrogen-bond donors (Lipinski definition) is 3. The van der Waals surface area contributed by atoms with E-state index in [4.69, 9.17) is 9.15 Å². The highest BCUT2D eigenvalue weighted by Gasteiger charge is 2.31. The minimum atomic E-state index is -4.04. The summed E-state index contributed by atoms with van der Waals surface area (Å²) in [5.41, 5.74) is 1.28. The summed E-state index contributed by atoms with van der Waals surface area (Å²) in [6, 6.07) is 8.33. The monoisotopic (exact) mass is 487 g/mol. The van der Waals surface area contributed by atoms with Crippen LogP contribution in [0.15, 0.2) is 50.9 Å². The largest absolute Gasteiger partial charge is 0.468 e. The highest BCUT2D eigenvalue weighted by atomic mass is 32.2. The van der Waals surface area contributed by atoms with E-state index < -0.39 is 22.0 Å². The van der Waals surface area contributed by atoms with Crippen molar-refractivity contribution in [2.45, 2.75) is 37.6 Å². The molecule has 11 heteroatoms. The molecule has 0 spiro atoms. The number of amidine groups is 1. The Morgan fingerprint density at radius 1 is 1.12 bits per heavy atom. The quantitative estimate of drug-likeness (QED) is 0.153. The van der Waals surface area contributed by atoms with Gasteiger partial charge in [0.15, 0.2) is 5.84 Å². The van der Waals surface area contributed by atoms with Crippen LogP contribution in [0.1, 0.15) is 32.3 Å². The summed E-state index contributed by atoms with van der Waals surface area (Å²) < 4.78 is 38.8. The molecule has 1 unspecified atom stereocenters.